The molecule has 24 heavy (non-hydrogen) atoms. The highest BCUT2D eigenvalue weighted by Gasteiger charge is 2.57. The van der Waals surface area contributed by atoms with Crippen LogP contribution in [0.2, 0.25) is 0 Å². The average Bonchev–Trinajstić information content (AvgIpc) is 2.54. The minimum Gasteiger partial charge on any atom is -0.348 e. The molecule has 2 aliphatic rings. The van der Waals surface area contributed by atoms with Crippen LogP contribution in [0.1, 0.15) is 30.9 Å². The van der Waals surface area contributed by atoms with E-state index >= 15 is 0 Å². The Labute approximate surface area is 139 Å². The summed E-state index contributed by atoms with van der Waals surface area (Å²) in [7, 11) is 0. The van der Waals surface area contributed by atoms with Gasteiger partial charge in [-0.25, -0.2) is 14.4 Å². The Morgan fingerprint density at radius 3 is 2.79 bits per heavy atom. The number of para-hydroxylation sites is 1. The molecule has 1 saturated carbocycles. The van der Waals surface area contributed by atoms with E-state index in [0.717, 1.165) is 17.7 Å². The molecule has 0 radical (unpaired) electrons. The number of anilines is 1. The smallest absolute Gasteiger partial charge is 0.149 e. The Morgan fingerprint density at radius 1 is 1.12 bits per heavy atom. The maximum absolute atomic E-state index is 14.1. The quantitative estimate of drug-likeness (QED) is 0.718. The van der Waals surface area contributed by atoms with Crippen molar-refractivity contribution in [3.63, 3.8) is 0 Å². The van der Waals surface area contributed by atoms with E-state index in [0.29, 0.717) is 10.9 Å². The molecule has 0 N–H and O–H groups in total. The molecule has 1 aromatic carbocycles. The molecule has 1 spiro atoms. The van der Waals surface area contributed by atoms with Crippen LogP contribution in [-0.2, 0) is 0 Å². The van der Waals surface area contributed by atoms with Gasteiger partial charge in [0, 0.05) is 29.7 Å². The number of fused-ring (bicyclic) bond motifs is 1. The molecule has 5 rings (SSSR count). The van der Waals surface area contributed by atoms with E-state index in [-0.39, 0.29) is 11.9 Å². The number of nitrogens with zero attached hydrogens (tertiary/aromatic N) is 4. The zero-order valence-electron chi connectivity index (χ0n) is 13.2. The van der Waals surface area contributed by atoms with Crippen molar-refractivity contribution in [2.75, 3.05) is 11.4 Å². The highest BCUT2D eigenvalue weighted by atomic mass is 19.1. The molecule has 1 atom stereocenters. The fraction of sp³-hybridized carbons (Fsp3) is 0.316. The van der Waals surface area contributed by atoms with E-state index in [2.05, 4.69) is 25.9 Å². The zero-order chi connectivity index (χ0) is 16.1. The topological polar surface area (TPSA) is 41.9 Å². The molecule has 3 heterocycles. The van der Waals surface area contributed by atoms with E-state index in [1.54, 1.807) is 12.3 Å². The molecule has 0 amide bonds. The van der Waals surface area contributed by atoms with Gasteiger partial charge in [0.2, 0.25) is 0 Å². The molecule has 120 valence electrons. The summed E-state index contributed by atoms with van der Waals surface area (Å²) in [4.78, 5) is 15.2. The second kappa shape index (κ2) is 4.97. The van der Waals surface area contributed by atoms with E-state index in [1.807, 2.05) is 18.3 Å². The molecule has 3 aromatic rings. The lowest BCUT2D eigenvalue weighted by Crippen LogP contribution is -2.62. The van der Waals surface area contributed by atoms with Gasteiger partial charge in [-0.1, -0.05) is 18.6 Å². The summed E-state index contributed by atoms with van der Waals surface area (Å²) >= 11 is 0. The first-order valence-corrected chi connectivity index (χ1v) is 8.34. The third-order valence-electron chi connectivity index (χ3n) is 5.59. The standard InChI is InChI=1S/C19H17FN4/c20-15-6-1-5-14-16(15)22-12-23-18(14)24-11-19(7-3-8-19)17(24)13-4-2-9-21-10-13/h1-2,4-6,9-10,12,17H,3,7-8,11H2. The Morgan fingerprint density at radius 2 is 2.04 bits per heavy atom. The van der Waals surface area contributed by atoms with E-state index < -0.39 is 0 Å². The van der Waals surface area contributed by atoms with E-state index in [9.17, 15) is 4.39 Å². The molecular formula is C19H17FN4. The summed E-state index contributed by atoms with van der Waals surface area (Å²) in [6.45, 7) is 0.967. The molecule has 2 fully saturated rings. The van der Waals surface area contributed by atoms with Crippen molar-refractivity contribution in [1.82, 2.24) is 15.0 Å². The van der Waals surface area contributed by atoms with Gasteiger partial charge in [-0.3, -0.25) is 4.98 Å². The summed E-state index contributed by atoms with van der Waals surface area (Å²) in [6.07, 6.45) is 8.97. The third kappa shape index (κ3) is 1.81. The predicted molar refractivity (Wildman–Crippen MR) is 90.1 cm³/mol. The molecule has 0 bridgehead atoms. The van der Waals surface area contributed by atoms with Gasteiger partial charge in [0.1, 0.15) is 23.5 Å². The number of hydrogen-bond donors (Lipinski definition) is 0. The zero-order valence-corrected chi connectivity index (χ0v) is 13.2. The minimum absolute atomic E-state index is 0.265. The van der Waals surface area contributed by atoms with Gasteiger partial charge >= 0.3 is 0 Å². The molecule has 2 aromatic heterocycles. The SMILES string of the molecule is Fc1cccc2c(N3CC4(CCC4)C3c3cccnc3)ncnc12. The van der Waals surface area contributed by atoms with Gasteiger partial charge in [-0.15, -0.1) is 0 Å². The van der Waals surface area contributed by atoms with Crippen molar-refractivity contribution in [1.29, 1.82) is 0 Å². The molecule has 1 unspecified atom stereocenters. The van der Waals surface area contributed by atoms with Crippen LogP contribution in [0.5, 0.6) is 0 Å². The van der Waals surface area contributed by atoms with Gasteiger partial charge in [0.05, 0.1) is 6.04 Å². The first-order chi connectivity index (χ1) is 11.8. The number of hydrogen-bond acceptors (Lipinski definition) is 4. The average molecular weight is 320 g/mol. The summed E-state index contributed by atoms with van der Waals surface area (Å²) in [5.41, 5.74) is 1.93. The number of benzene rings is 1. The second-order valence-electron chi connectivity index (χ2n) is 6.87. The van der Waals surface area contributed by atoms with Gasteiger partial charge in [-0.05, 0) is 36.6 Å². The third-order valence-corrected chi connectivity index (χ3v) is 5.59. The molecule has 1 aliphatic heterocycles. The maximum Gasteiger partial charge on any atom is 0.149 e. The van der Waals surface area contributed by atoms with E-state index in [1.165, 1.54) is 37.2 Å². The van der Waals surface area contributed by atoms with Gasteiger partial charge < -0.3 is 4.90 Å². The normalized spacial score (nSPS) is 21.5. The fourth-order valence-corrected chi connectivity index (χ4v) is 4.33. The molecule has 1 saturated heterocycles. The summed E-state index contributed by atoms with van der Waals surface area (Å²) in [5.74, 6) is 0.527. The van der Waals surface area contributed by atoms with Crippen LogP contribution in [0, 0.1) is 11.2 Å². The lowest BCUT2D eigenvalue weighted by molar-refractivity contribution is 0.0278. The highest BCUT2D eigenvalue weighted by Crippen LogP contribution is 2.61. The first kappa shape index (κ1) is 13.8. The Hall–Kier alpha value is -2.56. The minimum atomic E-state index is -0.298. The van der Waals surface area contributed by atoms with Crippen LogP contribution in [0.4, 0.5) is 10.2 Å². The van der Waals surface area contributed by atoms with Crippen LogP contribution in [0.3, 0.4) is 0 Å². The van der Waals surface area contributed by atoms with Gasteiger partial charge in [-0.2, -0.15) is 0 Å². The van der Waals surface area contributed by atoms with Crippen LogP contribution in [0.15, 0.2) is 49.1 Å². The lowest BCUT2D eigenvalue weighted by atomic mass is 9.56. The summed E-state index contributed by atoms with van der Waals surface area (Å²) in [5, 5.41) is 0.778. The number of aromatic nitrogens is 3. The van der Waals surface area contributed by atoms with Crippen molar-refractivity contribution in [2.24, 2.45) is 5.41 Å². The second-order valence-corrected chi connectivity index (χ2v) is 6.87. The largest absolute Gasteiger partial charge is 0.348 e. The van der Waals surface area contributed by atoms with Crippen LogP contribution in [0.25, 0.3) is 10.9 Å². The van der Waals surface area contributed by atoms with E-state index in [4.69, 9.17) is 0 Å². The van der Waals surface area contributed by atoms with Crippen molar-refractivity contribution in [3.05, 3.63) is 60.4 Å². The summed E-state index contributed by atoms with van der Waals surface area (Å²) < 4.78 is 14.1. The number of halogens is 1. The predicted octanol–water partition coefficient (Wildman–Crippen LogP) is 3.90. The van der Waals surface area contributed by atoms with Crippen LogP contribution in [-0.4, -0.2) is 21.5 Å². The van der Waals surface area contributed by atoms with Crippen molar-refractivity contribution in [3.8, 4) is 0 Å². The van der Waals surface area contributed by atoms with Crippen molar-refractivity contribution in [2.45, 2.75) is 25.3 Å². The maximum atomic E-state index is 14.1. The Balaban J connectivity index is 1.63. The molecule has 5 heteroatoms. The molecule has 1 aliphatic carbocycles. The van der Waals surface area contributed by atoms with Crippen molar-refractivity contribution < 1.29 is 4.39 Å². The van der Waals surface area contributed by atoms with Crippen molar-refractivity contribution >= 4 is 16.7 Å². The van der Waals surface area contributed by atoms with Gasteiger partial charge in [0.25, 0.3) is 0 Å². The lowest BCUT2D eigenvalue weighted by Gasteiger charge is -2.63. The number of rotatable bonds is 2. The number of pyridine rings is 1. The Kier molecular flexibility index (Phi) is 2.86. The fourth-order valence-electron chi connectivity index (χ4n) is 4.33. The Bertz CT molecular complexity index is 908. The highest BCUT2D eigenvalue weighted by molar-refractivity contribution is 5.90. The first-order valence-electron chi connectivity index (χ1n) is 8.34. The molecule has 4 nitrogen and oxygen atoms in total. The molecular weight excluding hydrogens is 303 g/mol. The van der Waals surface area contributed by atoms with Gasteiger partial charge in [0.15, 0.2) is 0 Å². The van der Waals surface area contributed by atoms with Crippen LogP contribution < -0.4 is 4.90 Å². The monoisotopic (exact) mass is 320 g/mol. The van der Waals surface area contributed by atoms with Crippen LogP contribution >= 0.6 is 0 Å². The summed E-state index contributed by atoms with van der Waals surface area (Å²) in [6, 6.07) is 9.45.